The first-order valence-electron chi connectivity index (χ1n) is 14.7. The lowest BCUT2D eigenvalue weighted by Gasteiger charge is -2.28. The zero-order valence-electron chi connectivity index (χ0n) is 27.0. The normalized spacial score (nSPS) is 12.1. The summed E-state index contributed by atoms with van der Waals surface area (Å²) in [7, 11) is -4.13. The molecule has 0 saturated carbocycles. The Labute approximate surface area is 283 Å². The zero-order valence-corrected chi connectivity index (χ0v) is 29.4. The van der Waals surface area contributed by atoms with E-state index in [9.17, 15) is 18.0 Å². The molecule has 0 aliphatic heterocycles. The molecule has 1 aromatic carbocycles. The van der Waals surface area contributed by atoms with Crippen molar-refractivity contribution in [3.63, 3.8) is 0 Å². The first kappa shape index (κ1) is 35.6. The fourth-order valence-electron chi connectivity index (χ4n) is 4.22. The van der Waals surface area contributed by atoms with Crippen LogP contribution in [0, 0.1) is 0 Å². The van der Waals surface area contributed by atoms with Crippen LogP contribution in [0.25, 0.3) is 11.3 Å². The maximum atomic E-state index is 14.0. The molecule has 4 aromatic rings. The molecule has 3 heterocycles. The van der Waals surface area contributed by atoms with Gasteiger partial charge in [0, 0.05) is 22.4 Å². The molecule has 0 radical (unpaired) electrons. The summed E-state index contributed by atoms with van der Waals surface area (Å²) in [6.45, 7) is 9.39. The molecular weight excluding hydrogens is 688 g/mol. The molecule has 0 N–H and O–H groups in total. The smallest absolute Gasteiger partial charge is 0.416 e. The minimum Gasteiger partial charge on any atom is -0.459 e. The number of rotatable bonds is 10. The van der Waals surface area contributed by atoms with E-state index < -0.39 is 39.8 Å². The molecule has 0 fully saturated rings. The minimum atomic E-state index is -4.13. The second-order valence-electron chi connectivity index (χ2n) is 12.5. The summed E-state index contributed by atoms with van der Waals surface area (Å²) in [5.41, 5.74) is 0.509. The van der Waals surface area contributed by atoms with Gasteiger partial charge in [-0.25, -0.2) is 18.2 Å². The van der Waals surface area contributed by atoms with Crippen molar-refractivity contribution < 1.29 is 27.5 Å². The lowest BCUT2D eigenvalue weighted by Crippen LogP contribution is -2.42. The number of benzene rings is 1. The number of carbonyl (C=O) groups is 2. The van der Waals surface area contributed by atoms with Crippen molar-refractivity contribution in [2.24, 2.45) is 0 Å². The molecule has 0 atom stereocenters. The van der Waals surface area contributed by atoms with E-state index in [0.717, 1.165) is 10.5 Å². The molecule has 14 heteroatoms. The second-order valence-corrected chi connectivity index (χ2v) is 15.3. The Balaban J connectivity index is 1.71. The molecule has 3 aromatic heterocycles. The van der Waals surface area contributed by atoms with Crippen molar-refractivity contribution in [1.29, 1.82) is 0 Å². The highest BCUT2D eigenvalue weighted by molar-refractivity contribution is 9.10. The molecule has 0 spiro atoms. The molecule has 0 aliphatic rings. The van der Waals surface area contributed by atoms with Crippen LogP contribution < -0.4 is 4.90 Å². The van der Waals surface area contributed by atoms with Gasteiger partial charge >= 0.3 is 12.1 Å². The van der Waals surface area contributed by atoms with Gasteiger partial charge in [-0.15, -0.1) is 0 Å². The maximum Gasteiger partial charge on any atom is 0.416 e. The minimum absolute atomic E-state index is 0.0264. The Morgan fingerprint density at radius 2 is 1.53 bits per heavy atom. The summed E-state index contributed by atoms with van der Waals surface area (Å²) >= 11 is 3.48. The van der Waals surface area contributed by atoms with Gasteiger partial charge in [-0.3, -0.25) is 14.7 Å². The van der Waals surface area contributed by atoms with Crippen LogP contribution >= 0.6 is 15.9 Å². The number of amides is 1. The Morgan fingerprint density at radius 3 is 2.13 bits per heavy atom. The number of carbonyl (C=O) groups excluding carboxylic acids is 2. The SMILES string of the molecule is CC(C)(C)OC(=O)CN(C(=O)OC(C)(C)C)c1ccc(Br)c(CN(Cc2ccc(-c3ccccc3)nn2)S(=O)(=O)c2cccnc2)n1. The molecule has 0 unspecified atom stereocenters. The molecular formula is C33H37BrN6O6S. The van der Waals surface area contributed by atoms with Crippen LogP contribution in [0.1, 0.15) is 52.9 Å². The predicted octanol–water partition coefficient (Wildman–Crippen LogP) is 6.17. The van der Waals surface area contributed by atoms with E-state index in [4.69, 9.17) is 9.47 Å². The highest BCUT2D eigenvalue weighted by Crippen LogP contribution is 2.27. The van der Waals surface area contributed by atoms with Crippen LogP contribution in [-0.2, 0) is 37.4 Å². The molecule has 0 aliphatic carbocycles. The van der Waals surface area contributed by atoms with Crippen LogP contribution in [-0.4, -0.2) is 62.7 Å². The van der Waals surface area contributed by atoms with E-state index in [1.807, 2.05) is 30.3 Å². The maximum absolute atomic E-state index is 14.0. The standard InChI is InChI=1S/C33H37BrN6O6S/c1-32(2,3)45-30(41)22-40(31(42)46-33(4,5)6)29-17-15-26(34)28(36-29)21-39(47(43,44)25-13-10-18-35-19-25)20-24-14-16-27(38-37-24)23-11-8-7-9-12-23/h7-19H,20-22H2,1-6H3. The van der Waals surface area contributed by atoms with Crippen LogP contribution in [0.3, 0.4) is 0 Å². The quantitative estimate of drug-likeness (QED) is 0.174. The highest BCUT2D eigenvalue weighted by atomic mass is 79.9. The van der Waals surface area contributed by atoms with Gasteiger partial charge < -0.3 is 9.47 Å². The number of anilines is 1. The van der Waals surface area contributed by atoms with E-state index in [1.165, 1.54) is 34.9 Å². The molecule has 1 amide bonds. The summed E-state index contributed by atoms with van der Waals surface area (Å²) in [5.74, 6) is -0.609. The molecule has 0 bridgehead atoms. The predicted molar refractivity (Wildman–Crippen MR) is 179 cm³/mol. The molecule has 248 valence electrons. The van der Waals surface area contributed by atoms with Crippen molar-refractivity contribution in [2.75, 3.05) is 11.4 Å². The van der Waals surface area contributed by atoms with Gasteiger partial charge in [-0.05, 0) is 93.9 Å². The van der Waals surface area contributed by atoms with Gasteiger partial charge in [-0.1, -0.05) is 30.3 Å². The van der Waals surface area contributed by atoms with Crippen LogP contribution in [0.2, 0.25) is 0 Å². The topological polar surface area (TPSA) is 145 Å². The number of ether oxygens (including phenoxy) is 2. The molecule has 0 saturated heterocycles. The zero-order chi connectivity index (χ0) is 34.4. The number of hydrogen-bond acceptors (Lipinski definition) is 10. The van der Waals surface area contributed by atoms with E-state index >= 15 is 0 Å². The van der Waals surface area contributed by atoms with Crippen molar-refractivity contribution in [2.45, 2.75) is 70.7 Å². The van der Waals surface area contributed by atoms with E-state index in [1.54, 1.807) is 59.7 Å². The number of aromatic nitrogens is 4. The summed E-state index contributed by atoms with van der Waals surface area (Å²) in [6, 6.07) is 19.1. The fraction of sp³-hybridized carbons (Fsp3) is 0.333. The van der Waals surface area contributed by atoms with Gasteiger partial charge in [0.15, 0.2) is 0 Å². The summed E-state index contributed by atoms with van der Waals surface area (Å²) in [5, 5.41) is 8.62. The van der Waals surface area contributed by atoms with Crippen LogP contribution in [0.15, 0.2) is 88.5 Å². The van der Waals surface area contributed by atoms with Crippen molar-refractivity contribution in [1.82, 2.24) is 24.5 Å². The number of esters is 1. The first-order valence-corrected chi connectivity index (χ1v) is 16.9. The van der Waals surface area contributed by atoms with Gasteiger partial charge in [0.1, 0.15) is 28.5 Å². The Morgan fingerprint density at radius 1 is 0.830 bits per heavy atom. The third-order valence-electron chi connectivity index (χ3n) is 6.23. The Bertz CT molecular complexity index is 1800. The largest absolute Gasteiger partial charge is 0.459 e. The summed E-state index contributed by atoms with van der Waals surface area (Å²) < 4.78 is 40.6. The fourth-order valence-corrected chi connectivity index (χ4v) is 5.91. The number of sulfonamides is 1. The number of hydrogen-bond donors (Lipinski definition) is 0. The van der Waals surface area contributed by atoms with Crippen molar-refractivity contribution >= 4 is 43.8 Å². The number of nitrogens with zero attached hydrogens (tertiary/aromatic N) is 6. The number of pyridine rings is 2. The summed E-state index contributed by atoms with van der Waals surface area (Å²) in [6.07, 6.45) is 1.92. The Hall–Kier alpha value is -4.27. The van der Waals surface area contributed by atoms with Crippen molar-refractivity contribution in [3.05, 3.63) is 95.0 Å². The molecule has 4 rings (SSSR count). The Kier molecular flexibility index (Phi) is 11.1. The third kappa shape index (κ3) is 10.1. The molecule has 47 heavy (non-hydrogen) atoms. The monoisotopic (exact) mass is 724 g/mol. The van der Waals surface area contributed by atoms with Gasteiger partial charge in [0.2, 0.25) is 10.0 Å². The van der Waals surface area contributed by atoms with E-state index in [0.29, 0.717) is 15.9 Å². The second kappa shape index (κ2) is 14.7. The van der Waals surface area contributed by atoms with Crippen molar-refractivity contribution in [3.8, 4) is 11.3 Å². The highest BCUT2D eigenvalue weighted by Gasteiger charge is 2.31. The number of halogens is 1. The van der Waals surface area contributed by atoms with Gasteiger partial charge in [-0.2, -0.15) is 14.5 Å². The van der Waals surface area contributed by atoms with E-state index in [2.05, 4.69) is 36.1 Å². The van der Waals surface area contributed by atoms with Crippen LogP contribution in [0.5, 0.6) is 0 Å². The van der Waals surface area contributed by atoms with Crippen LogP contribution in [0.4, 0.5) is 10.6 Å². The average Bonchev–Trinajstić information content (AvgIpc) is 3.00. The lowest BCUT2D eigenvalue weighted by molar-refractivity contribution is -0.153. The first-order chi connectivity index (χ1) is 22.0. The van der Waals surface area contributed by atoms with E-state index in [-0.39, 0.29) is 29.5 Å². The van der Waals surface area contributed by atoms with Gasteiger partial charge in [0.25, 0.3) is 0 Å². The summed E-state index contributed by atoms with van der Waals surface area (Å²) in [4.78, 5) is 35.8. The van der Waals surface area contributed by atoms with Gasteiger partial charge in [0.05, 0.1) is 30.2 Å². The average molecular weight is 726 g/mol. The third-order valence-corrected chi connectivity index (χ3v) is 8.72. The molecule has 12 nitrogen and oxygen atoms in total. The lowest BCUT2D eigenvalue weighted by atomic mass is 10.1.